The number of nitrogens with one attached hydrogen (secondary N) is 1. The fraction of sp³-hybridized carbons (Fsp3) is 0.381. The third-order valence-corrected chi connectivity index (χ3v) is 4.53. The molecule has 0 radical (unpaired) electrons. The zero-order valence-corrected chi connectivity index (χ0v) is 15.8. The summed E-state index contributed by atoms with van der Waals surface area (Å²) in [6.07, 6.45) is 0.155. The Labute approximate surface area is 159 Å². The Morgan fingerprint density at radius 3 is 2.37 bits per heavy atom. The molecule has 2 aromatic rings. The van der Waals surface area contributed by atoms with Crippen LogP contribution in [0.4, 0.5) is 14.9 Å². The van der Waals surface area contributed by atoms with E-state index in [4.69, 9.17) is 4.74 Å². The number of carbonyl (C=O) groups is 1. The Hall–Kier alpha value is -2.76. The fourth-order valence-electron chi connectivity index (χ4n) is 3.10. The van der Waals surface area contributed by atoms with Crippen LogP contribution in [0.5, 0.6) is 5.75 Å². The van der Waals surface area contributed by atoms with Crippen molar-refractivity contribution in [3.05, 3.63) is 59.9 Å². The van der Waals surface area contributed by atoms with Crippen LogP contribution in [0.2, 0.25) is 0 Å². The van der Waals surface area contributed by atoms with Gasteiger partial charge in [0.15, 0.2) is 0 Å². The topological polar surface area (TPSA) is 44.8 Å². The maximum absolute atomic E-state index is 13.6. The highest BCUT2D eigenvalue weighted by Gasteiger charge is 2.21. The lowest BCUT2D eigenvalue weighted by atomic mass is 10.2. The molecule has 2 amide bonds. The molecule has 5 nitrogen and oxygen atoms in total. The van der Waals surface area contributed by atoms with E-state index in [1.54, 1.807) is 23.1 Å². The molecule has 0 atom stereocenters. The Kier molecular flexibility index (Phi) is 6.16. The summed E-state index contributed by atoms with van der Waals surface area (Å²) < 4.78 is 19.3. The number of rotatable bonds is 5. The van der Waals surface area contributed by atoms with Gasteiger partial charge in [0.2, 0.25) is 0 Å². The van der Waals surface area contributed by atoms with Gasteiger partial charge in [-0.15, -0.1) is 0 Å². The largest absolute Gasteiger partial charge is 0.491 e. The number of hydrogen-bond donors (Lipinski definition) is 1. The van der Waals surface area contributed by atoms with Gasteiger partial charge in [0.1, 0.15) is 11.6 Å². The van der Waals surface area contributed by atoms with E-state index in [0.717, 1.165) is 24.5 Å². The Morgan fingerprint density at radius 1 is 1.07 bits per heavy atom. The Bertz CT molecular complexity index is 756. The van der Waals surface area contributed by atoms with E-state index in [-0.39, 0.29) is 24.5 Å². The van der Waals surface area contributed by atoms with Gasteiger partial charge in [0, 0.05) is 44.0 Å². The highest BCUT2D eigenvalue weighted by Crippen LogP contribution is 2.21. The van der Waals surface area contributed by atoms with Crippen LogP contribution in [0.3, 0.4) is 0 Å². The normalized spacial score (nSPS) is 14.4. The standard InChI is InChI=1S/C21H26FN3O2/c1-16(2)27-19-9-7-18(8-10-19)24-11-13-25(14-12-24)21(26)23-15-17-5-3-4-6-20(17)22/h3-10,16H,11-15H2,1-2H3,(H,23,26). The minimum atomic E-state index is -0.299. The van der Waals surface area contributed by atoms with Crippen LogP contribution < -0.4 is 15.0 Å². The third kappa shape index (κ3) is 5.12. The molecule has 3 rings (SSSR count). The number of benzene rings is 2. The molecule has 144 valence electrons. The van der Waals surface area contributed by atoms with E-state index < -0.39 is 0 Å². The molecule has 0 spiro atoms. The molecule has 0 aromatic heterocycles. The molecule has 27 heavy (non-hydrogen) atoms. The summed E-state index contributed by atoms with van der Waals surface area (Å²) >= 11 is 0. The quantitative estimate of drug-likeness (QED) is 0.873. The van der Waals surface area contributed by atoms with E-state index in [1.807, 2.05) is 38.1 Å². The zero-order chi connectivity index (χ0) is 19.2. The molecule has 0 aliphatic carbocycles. The van der Waals surface area contributed by atoms with Crippen molar-refractivity contribution in [2.75, 3.05) is 31.1 Å². The van der Waals surface area contributed by atoms with E-state index in [9.17, 15) is 9.18 Å². The van der Waals surface area contributed by atoms with Crippen LogP contribution in [0.25, 0.3) is 0 Å². The van der Waals surface area contributed by atoms with Crippen molar-refractivity contribution in [3.8, 4) is 5.75 Å². The number of carbonyl (C=O) groups excluding carboxylic acids is 1. The molecular formula is C21H26FN3O2. The second-order valence-electron chi connectivity index (χ2n) is 6.88. The third-order valence-electron chi connectivity index (χ3n) is 4.53. The minimum Gasteiger partial charge on any atom is -0.491 e. The van der Waals surface area contributed by atoms with Crippen molar-refractivity contribution < 1.29 is 13.9 Å². The van der Waals surface area contributed by atoms with Crippen LogP contribution in [0, 0.1) is 5.82 Å². The van der Waals surface area contributed by atoms with Gasteiger partial charge in [0.25, 0.3) is 0 Å². The second-order valence-corrected chi connectivity index (χ2v) is 6.88. The molecule has 2 aromatic carbocycles. The molecule has 1 aliphatic rings. The van der Waals surface area contributed by atoms with Crippen LogP contribution >= 0.6 is 0 Å². The summed E-state index contributed by atoms with van der Waals surface area (Å²) in [5, 5.41) is 2.80. The summed E-state index contributed by atoms with van der Waals surface area (Å²) in [5.74, 6) is 0.562. The average Bonchev–Trinajstić information content (AvgIpc) is 2.67. The molecule has 1 heterocycles. The monoisotopic (exact) mass is 371 g/mol. The Morgan fingerprint density at radius 2 is 1.74 bits per heavy atom. The van der Waals surface area contributed by atoms with Crippen LogP contribution in [0.1, 0.15) is 19.4 Å². The molecule has 1 fully saturated rings. The number of amides is 2. The first-order valence-corrected chi connectivity index (χ1v) is 9.31. The van der Waals surface area contributed by atoms with Crippen molar-refractivity contribution in [1.82, 2.24) is 10.2 Å². The van der Waals surface area contributed by atoms with E-state index in [1.165, 1.54) is 6.07 Å². The maximum atomic E-state index is 13.6. The number of anilines is 1. The van der Waals surface area contributed by atoms with Gasteiger partial charge in [-0.2, -0.15) is 0 Å². The fourth-order valence-corrected chi connectivity index (χ4v) is 3.10. The molecule has 6 heteroatoms. The van der Waals surface area contributed by atoms with Gasteiger partial charge in [-0.3, -0.25) is 0 Å². The van der Waals surface area contributed by atoms with Gasteiger partial charge < -0.3 is 19.9 Å². The number of hydrogen-bond acceptors (Lipinski definition) is 3. The predicted octanol–water partition coefficient (Wildman–Crippen LogP) is 3.64. The van der Waals surface area contributed by atoms with Crippen LogP contribution in [-0.2, 0) is 6.54 Å². The summed E-state index contributed by atoms with van der Waals surface area (Å²) in [6, 6.07) is 14.4. The van der Waals surface area contributed by atoms with Crippen molar-refractivity contribution in [1.29, 1.82) is 0 Å². The lowest BCUT2D eigenvalue weighted by Crippen LogP contribution is -2.51. The SMILES string of the molecule is CC(C)Oc1ccc(N2CCN(C(=O)NCc3ccccc3F)CC2)cc1. The summed E-state index contributed by atoms with van der Waals surface area (Å²) in [7, 11) is 0. The number of urea groups is 1. The van der Waals surface area contributed by atoms with Crippen LogP contribution in [-0.4, -0.2) is 43.2 Å². The molecule has 0 bridgehead atoms. The number of nitrogens with zero attached hydrogens (tertiary/aromatic N) is 2. The van der Waals surface area contributed by atoms with Crippen molar-refractivity contribution in [3.63, 3.8) is 0 Å². The minimum absolute atomic E-state index is 0.154. The zero-order valence-electron chi connectivity index (χ0n) is 15.8. The van der Waals surface area contributed by atoms with Crippen LogP contribution in [0.15, 0.2) is 48.5 Å². The van der Waals surface area contributed by atoms with E-state index in [0.29, 0.717) is 18.7 Å². The van der Waals surface area contributed by atoms with Crippen molar-refractivity contribution >= 4 is 11.7 Å². The van der Waals surface area contributed by atoms with Crippen molar-refractivity contribution in [2.24, 2.45) is 0 Å². The summed E-state index contributed by atoms with van der Waals surface area (Å²) in [4.78, 5) is 16.4. The van der Waals surface area contributed by atoms with E-state index >= 15 is 0 Å². The highest BCUT2D eigenvalue weighted by atomic mass is 19.1. The molecular weight excluding hydrogens is 345 g/mol. The molecule has 1 saturated heterocycles. The average molecular weight is 371 g/mol. The first-order valence-electron chi connectivity index (χ1n) is 9.31. The van der Waals surface area contributed by atoms with Gasteiger partial charge >= 0.3 is 6.03 Å². The first kappa shape index (κ1) is 19.0. The van der Waals surface area contributed by atoms with Gasteiger partial charge in [-0.1, -0.05) is 18.2 Å². The second kappa shape index (κ2) is 8.75. The molecule has 1 N–H and O–H groups in total. The first-order chi connectivity index (χ1) is 13.0. The molecule has 0 unspecified atom stereocenters. The van der Waals surface area contributed by atoms with Gasteiger partial charge in [-0.05, 0) is 44.2 Å². The summed E-state index contributed by atoms with van der Waals surface area (Å²) in [6.45, 7) is 6.99. The smallest absolute Gasteiger partial charge is 0.317 e. The predicted molar refractivity (Wildman–Crippen MR) is 105 cm³/mol. The van der Waals surface area contributed by atoms with Gasteiger partial charge in [0.05, 0.1) is 6.10 Å². The summed E-state index contributed by atoms with van der Waals surface area (Å²) in [5.41, 5.74) is 1.62. The van der Waals surface area contributed by atoms with E-state index in [2.05, 4.69) is 10.2 Å². The molecule has 1 aliphatic heterocycles. The van der Waals surface area contributed by atoms with Crippen molar-refractivity contribution in [2.45, 2.75) is 26.5 Å². The highest BCUT2D eigenvalue weighted by molar-refractivity contribution is 5.74. The lowest BCUT2D eigenvalue weighted by molar-refractivity contribution is 0.194. The number of ether oxygens (including phenoxy) is 1. The number of piperazine rings is 1. The van der Waals surface area contributed by atoms with Gasteiger partial charge in [-0.25, -0.2) is 9.18 Å². The maximum Gasteiger partial charge on any atom is 0.317 e. The molecule has 0 saturated carbocycles. The lowest BCUT2D eigenvalue weighted by Gasteiger charge is -2.36. The Balaban J connectivity index is 1.48. The number of halogens is 1.